The normalized spacial score (nSPS) is 19.5. The van der Waals surface area contributed by atoms with E-state index in [0.717, 1.165) is 46.3 Å². The highest BCUT2D eigenvalue weighted by molar-refractivity contribution is 6.50. The summed E-state index contributed by atoms with van der Waals surface area (Å²) >= 11 is 12.1. The van der Waals surface area contributed by atoms with Gasteiger partial charge in [-0.1, -0.05) is 18.2 Å². The molecule has 1 fully saturated rings. The van der Waals surface area contributed by atoms with Crippen LogP contribution in [-0.4, -0.2) is 18.0 Å². The second-order valence-electron chi connectivity index (χ2n) is 5.69. The molecule has 0 bridgehead atoms. The van der Waals surface area contributed by atoms with Crippen LogP contribution in [0.1, 0.15) is 6.42 Å². The fraction of sp³-hybridized carbons (Fsp3) is 0.294. The van der Waals surface area contributed by atoms with Gasteiger partial charge in [0, 0.05) is 29.3 Å². The van der Waals surface area contributed by atoms with Crippen molar-refractivity contribution in [3.63, 3.8) is 0 Å². The van der Waals surface area contributed by atoms with Gasteiger partial charge in [-0.25, -0.2) is 0 Å². The molecule has 1 N–H and O–H groups in total. The Morgan fingerprint density at radius 3 is 2.73 bits per heavy atom. The van der Waals surface area contributed by atoms with E-state index in [1.165, 1.54) is 0 Å². The van der Waals surface area contributed by atoms with Crippen LogP contribution < -0.4 is 10.1 Å². The van der Waals surface area contributed by atoms with Gasteiger partial charge in [0.25, 0.3) is 0 Å². The van der Waals surface area contributed by atoms with Gasteiger partial charge in [0.2, 0.25) is 0 Å². The van der Waals surface area contributed by atoms with Crippen molar-refractivity contribution in [2.24, 2.45) is 5.92 Å². The smallest absolute Gasteiger partial charge is 0.142 e. The van der Waals surface area contributed by atoms with Gasteiger partial charge in [-0.05, 0) is 18.6 Å². The third-order valence-electron chi connectivity index (χ3n) is 4.19. The molecule has 0 spiro atoms. The zero-order valence-electron chi connectivity index (χ0n) is 12.0. The third-order valence-corrected chi connectivity index (χ3v) is 5.12. The number of furan rings is 1. The quantitative estimate of drug-likeness (QED) is 0.665. The fourth-order valence-electron chi connectivity index (χ4n) is 2.78. The number of anilines is 1. The second-order valence-corrected chi connectivity index (χ2v) is 7.23. The van der Waals surface area contributed by atoms with E-state index in [1.807, 2.05) is 36.4 Å². The molecule has 0 aliphatic heterocycles. The van der Waals surface area contributed by atoms with Crippen molar-refractivity contribution in [2.45, 2.75) is 10.8 Å². The summed E-state index contributed by atoms with van der Waals surface area (Å²) in [4.78, 5) is 0. The first-order valence-electron chi connectivity index (χ1n) is 7.19. The van der Waals surface area contributed by atoms with Gasteiger partial charge in [0.15, 0.2) is 0 Å². The van der Waals surface area contributed by atoms with Gasteiger partial charge in [0.05, 0.1) is 12.8 Å². The Kier molecular flexibility index (Phi) is 3.17. The Morgan fingerprint density at radius 2 is 2.00 bits per heavy atom. The number of rotatable bonds is 4. The van der Waals surface area contributed by atoms with Gasteiger partial charge < -0.3 is 14.5 Å². The highest BCUT2D eigenvalue weighted by Crippen LogP contribution is 2.53. The third kappa shape index (κ3) is 2.29. The molecule has 0 saturated heterocycles. The van der Waals surface area contributed by atoms with Crippen LogP contribution in [0.15, 0.2) is 40.8 Å². The number of alkyl halides is 2. The van der Waals surface area contributed by atoms with Crippen molar-refractivity contribution in [1.29, 1.82) is 0 Å². The first-order chi connectivity index (χ1) is 10.6. The molecule has 1 heterocycles. The molecule has 3 nitrogen and oxygen atoms in total. The van der Waals surface area contributed by atoms with E-state index < -0.39 is 4.33 Å². The van der Waals surface area contributed by atoms with E-state index in [9.17, 15) is 0 Å². The number of benzene rings is 2. The zero-order valence-corrected chi connectivity index (χ0v) is 13.5. The minimum atomic E-state index is -0.580. The molecule has 0 amide bonds. The summed E-state index contributed by atoms with van der Waals surface area (Å²) in [5.41, 5.74) is 2.60. The highest BCUT2D eigenvalue weighted by Gasteiger charge is 2.51. The molecule has 1 atom stereocenters. The molecule has 0 unspecified atom stereocenters. The average molecular weight is 336 g/mol. The second kappa shape index (κ2) is 4.97. The number of hydrogen-bond acceptors (Lipinski definition) is 3. The van der Waals surface area contributed by atoms with Gasteiger partial charge in [-0.2, -0.15) is 0 Å². The van der Waals surface area contributed by atoms with Crippen LogP contribution in [0, 0.1) is 5.92 Å². The monoisotopic (exact) mass is 335 g/mol. The summed E-state index contributed by atoms with van der Waals surface area (Å²) in [5, 5.41) is 5.50. The lowest BCUT2D eigenvalue weighted by atomic mass is 10.1. The summed E-state index contributed by atoms with van der Waals surface area (Å²) in [5.74, 6) is 1.06. The summed E-state index contributed by atoms with van der Waals surface area (Å²) in [6.07, 6.45) is 0.818. The Bertz CT molecular complexity index is 856. The number of halogens is 2. The number of para-hydroxylation sites is 1. The highest BCUT2D eigenvalue weighted by atomic mass is 35.5. The maximum absolute atomic E-state index is 6.07. The molecule has 3 aromatic rings. The van der Waals surface area contributed by atoms with Crippen LogP contribution in [0.5, 0.6) is 5.75 Å². The number of hydrogen-bond donors (Lipinski definition) is 1. The van der Waals surface area contributed by atoms with Crippen LogP contribution in [0.2, 0.25) is 0 Å². The van der Waals surface area contributed by atoms with Crippen LogP contribution in [0.4, 0.5) is 5.69 Å². The molecule has 0 radical (unpaired) electrons. The Labute approximate surface area is 138 Å². The summed E-state index contributed by atoms with van der Waals surface area (Å²) in [6.45, 7) is 0.717. The first-order valence-corrected chi connectivity index (χ1v) is 7.95. The Morgan fingerprint density at radius 1 is 1.23 bits per heavy atom. The molecule has 1 aromatic heterocycles. The Hall–Kier alpha value is -1.58. The lowest BCUT2D eigenvalue weighted by Crippen LogP contribution is -2.08. The maximum atomic E-state index is 6.07. The van der Waals surface area contributed by atoms with E-state index in [1.54, 1.807) is 7.11 Å². The molecule has 5 heteroatoms. The van der Waals surface area contributed by atoms with Crippen molar-refractivity contribution in [3.8, 4) is 5.75 Å². The number of ether oxygens (including phenoxy) is 1. The van der Waals surface area contributed by atoms with E-state index in [0.29, 0.717) is 0 Å². The fourth-order valence-corrected chi connectivity index (χ4v) is 3.31. The summed E-state index contributed by atoms with van der Waals surface area (Å²) in [7, 11) is 1.67. The average Bonchev–Trinajstić information content (AvgIpc) is 2.97. The molecule has 114 valence electrons. The predicted molar refractivity (Wildman–Crippen MR) is 91.3 cm³/mol. The SMILES string of the molecule is COc1cc2c(cc1NC[C@@H]1CC1(Cl)Cl)oc1ccccc12. The van der Waals surface area contributed by atoms with Crippen LogP contribution in [0.25, 0.3) is 21.9 Å². The van der Waals surface area contributed by atoms with Crippen molar-refractivity contribution in [1.82, 2.24) is 0 Å². The standard InChI is InChI=1S/C17H15Cl2NO2/c1-21-16-6-12-11-4-2-3-5-14(11)22-15(12)7-13(16)20-9-10-8-17(10,18)19/h2-7,10,20H,8-9H2,1H3/t10-/m0/s1. The molecule has 1 aliphatic carbocycles. The van der Waals surface area contributed by atoms with Crippen molar-refractivity contribution >= 4 is 50.8 Å². The lowest BCUT2D eigenvalue weighted by Gasteiger charge is -2.11. The lowest BCUT2D eigenvalue weighted by molar-refractivity contribution is 0.417. The first kappa shape index (κ1) is 14.0. The molecule has 22 heavy (non-hydrogen) atoms. The van der Waals surface area contributed by atoms with Crippen LogP contribution in [0.3, 0.4) is 0 Å². The maximum Gasteiger partial charge on any atom is 0.142 e. The van der Waals surface area contributed by atoms with E-state index in [2.05, 4.69) is 5.32 Å². The van der Waals surface area contributed by atoms with Crippen molar-refractivity contribution in [2.75, 3.05) is 19.0 Å². The number of nitrogens with one attached hydrogen (secondary N) is 1. The molecule has 4 rings (SSSR count). The van der Waals surface area contributed by atoms with Gasteiger partial charge >= 0.3 is 0 Å². The molecular weight excluding hydrogens is 321 g/mol. The van der Waals surface area contributed by atoms with Crippen LogP contribution in [-0.2, 0) is 0 Å². The van der Waals surface area contributed by atoms with Gasteiger partial charge in [0.1, 0.15) is 21.2 Å². The summed E-state index contributed by atoms with van der Waals surface area (Å²) in [6, 6.07) is 12.0. The topological polar surface area (TPSA) is 34.4 Å². The minimum Gasteiger partial charge on any atom is -0.495 e. The van der Waals surface area contributed by atoms with Crippen LogP contribution >= 0.6 is 23.2 Å². The molecule has 2 aromatic carbocycles. The molecule has 1 saturated carbocycles. The van der Waals surface area contributed by atoms with Crippen molar-refractivity contribution < 1.29 is 9.15 Å². The molecule has 1 aliphatic rings. The summed E-state index contributed by atoms with van der Waals surface area (Å²) < 4.78 is 10.8. The molecular formula is C17H15Cl2NO2. The number of fused-ring (bicyclic) bond motifs is 3. The minimum absolute atomic E-state index is 0.270. The Balaban J connectivity index is 1.72. The van der Waals surface area contributed by atoms with Gasteiger partial charge in [-0.3, -0.25) is 0 Å². The zero-order chi connectivity index (χ0) is 15.3. The van der Waals surface area contributed by atoms with E-state index in [4.69, 9.17) is 32.4 Å². The van der Waals surface area contributed by atoms with E-state index >= 15 is 0 Å². The predicted octanol–water partition coefficient (Wildman–Crippen LogP) is 5.20. The largest absolute Gasteiger partial charge is 0.495 e. The van der Waals surface area contributed by atoms with Crippen molar-refractivity contribution in [3.05, 3.63) is 36.4 Å². The van der Waals surface area contributed by atoms with Gasteiger partial charge in [-0.15, -0.1) is 23.2 Å². The van der Waals surface area contributed by atoms with E-state index in [-0.39, 0.29) is 5.92 Å². The number of methoxy groups -OCH3 is 1.